The van der Waals surface area contributed by atoms with E-state index in [1.807, 2.05) is 0 Å². The SMILES string of the molecule is O=C[C@H](CC(=O)O)NC(=O)CN1C(=O)[C@@H](NC(=O)c2ccc3cnccc3n2)CN(C(=O)CO)c2ccccc21. The van der Waals surface area contributed by atoms with E-state index in [1.54, 1.807) is 30.5 Å². The van der Waals surface area contributed by atoms with E-state index in [0.29, 0.717) is 10.9 Å². The van der Waals surface area contributed by atoms with E-state index in [1.165, 1.54) is 24.4 Å². The number of carbonyl (C=O) groups is 6. The van der Waals surface area contributed by atoms with E-state index >= 15 is 0 Å². The topological polar surface area (TPSA) is 199 Å². The highest BCUT2D eigenvalue weighted by Crippen LogP contribution is 2.33. The Hall–Kier alpha value is -5.24. The number of aliphatic carboxylic acids is 1. The summed E-state index contributed by atoms with van der Waals surface area (Å²) >= 11 is 0. The highest BCUT2D eigenvalue weighted by Gasteiger charge is 2.38. The molecule has 3 aromatic rings. The van der Waals surface area contributed by atoms with Gasteiger partial charge < -0.3 is 30.5 Å². The number of anilines is 2. The summed E-state index contributed by atoms with van der Waals surface area (Å²) in [5, 5.41) is 24.1. The lowest BCUT2D eigenvalue weighted by molar-refractivity contribution is -0.139. The average Bonchev–Trinajstić information content (AvgIpc) is 3.06. The van der Waals surface area contributed by atoms with Gasteiger partial charge in [0.2, 0.25) is 5.91 Å². The molecule has 3 heterocycles. The third-order valence-corrected chi connectivity index (χ3v) is 6.06. The second-order valence-corrected chi connectivity index (χ2v) is 8.77. The second-order valence-electron chi connectivity index (χ2n) is 8.77. The first-order valence-corrected chi connectivity index (χ1v) is 12.0. The zero-order valence-corrected chi connectivity index (χ0v) is 20.9. The number of hydrogen-bond donors (Lipinski definition) is 4. The van der Waals surface area contributed by atoms with Crippen molar-refractivity contribution in [3.63, 3.8) is 0 Å². The number of carboxylic acid groups (broad SMARTS) is 1. The van der Waals surface area contributed by atoms with Gasteiger partial charge in [-0.05, 0) is 30.3 Å². The minimum Gasteiger partial charge on any atom is -0.481 e. The first kappa shape index (κ1) is 27.8. The monoisotopic (exact) mass is 548 g/mol. The van der Waals surface area contributed by atoms with Crippen molar-refractivity contribution in [2.75, 3.05) is 29.5 Å². The lowest BCUT2D eigenvalue weighted by Crippen LogP contribution is -2.55. The van der Waals surface area contributed by atoms with Crippen molar-refractivity contribution in [2.45, 2.75) is 18.5 Å². The highest BCUT2D eigenvalue weighted by molar-refractivity contribution is 6.11. The Labute approximate surface area is 226 Å². The highest BCUT2D eigenvalue weighted by atomic mass is 16.4. The van der Waals surface area contributed by atoms with Gasteiger partial charge in [-0.25, -0.2) is 4.98 Å². The van der Waals surface area contributed by atoms with Crippen molar-refractivity contribution in [1.29, 1.82) is 0 Å². The van der Waals surface area contributed by atoms with E-state index in [2.05, 4.69) is 20.6 Å². The zero-order chi connectivity index (χ0) is 28.8. The van der Waals surface area contributed by atoms with E-state index in [9.17, 15) is 33.9 Å². The molecule has 0 saturated carbocycles. The molecule has 0 aliphatic carbocycles. The number of nitrogens with one attached hydrogen (secondary N) is 2. The number of hydrogen-bond acceptors (Lipinski definition) is 9. The first-order valence-electron chi connectivity index (χ1n) is 12.0. The number of carbonyl (C=O) groups excluding carboxylic acids is 5. The van der Waals surface area contributed by atoms with Crippen LogP contribution in [0.1, 0.15) is 16.9 Å². The van der Waals surface area contributed by atoms with Gasteiger partial charge in [0.15, 0.2) is 0 Å². The number of carboxylic acids is 1. The standard InChI is InChI=1S/C26H24N6O8/c33-13-16(9-24(37)38)28-22(35)12-32-21-4-2-1-3-20(21)31(23(36)14-34)11-19(26(32)40)30-25(39)18-6-5-15-10-27-8-7-17(15)29-18/h1-8,10,13,16,19,34H,9,11-12,14H2,(H,28,35)(H,30,39)(H,37,38)/t16-,19-/m0/s1. The molecule has 4 amide bonds. The quantitative estimate of drug-likeness (QED) is 0.247. The Kier molecular flexibility index (Phi) is 8.39. The van der Waals surface area contributed by atoms with Crippen LogP contribution in [0.5, 0.6) is 0 Å². The molecule has 4 N–H and O–H groups in total. The van der Waals surface area contributed by atoms with E-state index in [-0.39, 0.29) is 29.9 Å². The van der Waals surface area contributed by atoms with Crippen LogP contribution in [-0.4, -0.2) is 87.8 Å². The maximum absolute atomic E-state index is 13.8. The molecular weight excluding hydrogens is 524 g/mol. The molecule has 1 aliphatic heterocycles. The van der Waals surface area contributed by atoms with Crippen LogP contribution in [0.2, 0.25) is 0 Å². The minimum atomic E-state index is -1.38. The summed E-state index contributed by atoms with van der Waals surface area (Å²) in [6, 6.07) is 8.09. The molecule has 0 fully saturated rings. The summed E-state index contributed by atoms with van der Waals surface area (Å²) in [7, 11) is 0. The van der Waals surface area contributed by atoms with Crippen LogP contribution in [0.25, 0.3) is 10.9 Å². The number of aromatic nitrogens is 2. The van der Waals surface area contributed by atoms with Gasteiger partial charge in [0.1, 0.15) is 31.2 Å². The number of rotatable bonds is 9. The molecule has 0 bridgehead atoms. The molecule has 206 valence electrons. The number of para-hydroxylation sites is 2. The lowest BCUT2D eigenvalue weighted by Gasteiger charge is -2.25. The Bertz CT molecular complexity index is 1490. The maximum atomic E-state index is 13.8. The van der Waals surface area contributed by atoms with Crippen LogP contribution in [0, 0.1) is 0 Å². The summed E-state index contributed by atoms with van der Waals surface area (Å²) < 4.78 is 0. The molecular formula is C26H24N6O8. The number of aldehydes is 1. The molecule has 0 saturated heterocycles. The number of benzene rings is 1. The Morgan fingerprint density at radius 2 is 1.85 bits per heavy atom. The smallest absolute Gasteiger partial charge is 0.305 e. The molecule has 2 atom stereocenters. The molecule has 0 unspecified atom stereocenters. The normalized spacial score (nSPS) is 15.5. The van der Waals surface area contributed by atoms with E-state index in [0.717, 1.165) is 9.80 Å². The van der Waals surface area contributed by atoms with Gasteiger partial charge in [-0.2, -0.15) is 0 Å². The van der Waals surface area contributed by atoms with Gasteiger partial charge in [-0.3, -0.25) is 33.9 Å². The van der Waals surface area contributed by atoms with Gasteiger partial charge in [-0.1, -0.05) is 12.1 Å². The number of pyridine rings is 2. The predicted molar refractivity (Wildman–Crippen MR) is 139 cm³/mol. The summed E-state index contributed by atoms with van der Waals surface area (Å²) in [4.78, 5) is 85.0. The number of fused-ring (bicyclic) bond motifs is 2. The fourth-order valence-corrected chi connectivity index (χ4v) is 4.22. The molecule has 0 spiro atoms. The van der Waals surface area contributed by atoms with Gasteiger partial charge >= 0.3 is 5.97 Å². The molecule has 1 aliphatic rings. The van der Waals surface area contributed by atoms with Crippen molar-refractivity contribution in [1.82, 2.24) is 20.6 Å². The molecule has 0 radical (unpaired) electrons. The van der Waals surface area contributed by atoms with Gasteiger partial charge in [0.05, 0.1) is 35.9 Å². The summed E-state index contributed by atoms with van der Waals surface area (Å²) in [6.45, 7) is -1.92. The second kappa shape index (κ2) is 12.1. The Morgan fingerprint density at radius 3 is 2.55 bits per heavy atom. The maximum Gasteiger partial charge on any atom is 0.305 e. The molecule has 14 heteroatoms. The molecule has 2 aromatic heterocycles. The van der Waals surface area contributed by atoms with Crippen molar-refractivity contribution in [2.24, 2.45) is 0 Å². The Balaban J connectivity index is 1.66. The van der Waals surface area contributed by atoms with Crippen LogP contribution in [0.4, 0.5) is 11.4 Å². The van der Waals surface area contributed by atoms with Gasteiger partial charge in [-0.15, -0.1) is 0 Å². The van der Waals surface area contributed by atoms with Crippen LogP contribution in [0.3, 0.4) is 0 Å². The molecule has 4 rings (SSSR count). The average molecular weight is 549 g/mol. The predicted octanol–water partition coefficient (Wildman–Crippen LogP) is -0.741. The molecule has 1 aromatic carbocycles. The molecule has 40 heavy (non-hydrogen) atoms. The lowest BCUT2D eigenvalue weighted by atomic mass is 10.2. The summed E-state index contributed by atoms with van der Waals surface area (Å²) in [5.41, 5.74) is 0.787. The van der Waals surface area contributed by atoms with E-state index < -0.39 is 61.3 Å². The van der Waals surface area contributed by atoms with Crippen LogP contribution >= 0.6 is 0 Å². The number of nitrogens with zero attached hydrogens (tertiary/aromatic N) is 4. The van der Waals surface area contributed by atoms with Crippen molar-refractivity contribution in [3.8, 4) is 0 Å². The largest absolute Gasteiger partial charge is 0.481 e. The van der Waals surface area contributed by atoms with Crippen molar-refractivity contribution in [3.05, 3.63) is 60.6 Å². The van der Waals surface area contributed by atoms with Gasteiger partial charge in [0.25, 0.3) is 17.7 Å². The zero-order valence-electron chi connectivity index (χ0n) is 20.9. The van der Waals surface area contributed by atoms with Crippen LogP contribution in [-0.2, 0) is 24.0 Å². The third kappa shape index (κ3) is 6.07. The van der Waals surface area contributed by atoms with Gasteiger partial charge in [0, 0.05) is 17.8 Å². The van der Waals surface area contributed by atoms with Crippen molar-refractivity contribution >= 4 is 58.2 Å². The third-order valence-electron chi connectivity index (χ3n) is 6.06. The summed E-state index contributed by atoms with van der Waals surface area (Å²) in [6.07, 6.45) is 2.69. The first-order chi connectivity index (χ1) is 19.2. The molecule has 14 nitrogen and oxygen atoms in total. The Morgan fingerprint density at radius 1 is 1.10 bits per heavy atom. The summed E-state index contributed by atoms with van der Waals surface area (Å²) in [5.74, 6) is -4.42. The van der Waals surface area contributed by atoms with Crippen molar-refractivity contribution < 1.29 is 39.0 Å². The minimum absolute atomic E-state index is 0.0138. The number of amides is 4. The van der Waals surface area contributed by atoms with Crippen LogP contribution < -0.4 is 20.4 Å². The fraction of sp³-hybridized carbons (Fsp3) is 0.231. The van der Waals surface area contributed by atoms with Crippen LogP contribution in [0.15, 0.2) is 54.9 Å². The number of aliphatic hydroxyl groups is 1. The number of aliphatic hydroxyl groups excluding tert-OH is 1. The fourth-order valence-electron chi connectivity index (χ4n) is 4.22. The van der Waals surface area contributed by atoms with E-state index in [4.69, 9.17) is 5.11 Å².